The van der Waals surface area contributed by atoms with E-state index in [-0.39, 0.29) is 16.5 Å². The molecule has 8 heteroatoms. The van der Waals surface area contributed by atoms with Gasteiger partial charge in [-0.15, -0.1) is 0 Å². The molecule has 2 aromatic carbocycles. The van der Waals surface area contributed by atoms with Crippen LogP contribution in [0.4, 0.5) is 0 Å². The first-order chi connectivity index (χ1) is 11.6. The van der Waals surface area contributed by atoms with Crippen LogP contribution in [-0.2, 0) is 10.0 Å². The molecule has 0 spiro atoms. The number of sulfonamides is 1. The van der Waals surface area contributed by atoms with Gasteiger partial charge < -0.3 is 10.1 Å². The highest BCUT2D eigenvalue weighted by Gasteiger charge is 2.19. The van der Waals surface area contributed by atoms with Crippen molar-refractivity contribution in [3.05, 3.63) is 57.6 Å². The molecule has 0 aromatic heterocycles. The first kappa shape index (κ1) is 19.4. The average molecular weight is 427 g/mol. The van der Waals surface area contributed by atoms with Gasteiger partial charge in [-0.25, -0.2) is 13.6 Å². The molecule has 0 aliphatic carbocycles. The predicted molar refractivity (Wildman–Crippen MR) is 99.1 cm³/mol. The van der Waals surface area contributed by atoms with E-state index in [2.05, 4.69) is 21.2 Å². The maximum absolute atomic E-state index is 12.6. The first-order valence-corrected chi connectivity index (χ1v) is 9.75. The molecule has 1 unspecified atom stereocenters. The summed E-state index contributed by atoms with van der Waals surface area (Å²) in [7, 11) is -2.33. The fourth-order valence-corrected chi connectivity index (χ4v) is 3.37. The Labute approximate surface area is 155 Å². The zero-order valence-corrected chi connectivity index (χ0v) is 16.4. The Morgan fingerprint density at radius 1 is 1.24 bits per heavy atom. The molecule has 1 amide bonds. The van der Waals surface area contributed by atoms with Crippen LogP contribution in [0.2, 0.25) is 0 Å². The number of hydrogen-bond acceptors (Lipinski definition) is 4. The van der Waals surface area contributed by atoms with E-state index in [1.54, 1.807) is 7.11 Å². The number of benzene rings is 2. The van der Waals surface area contributed by atoms with Crippen molar-refractivity contribution in [1.29, 1.82) is 0 Å². The minimum Gasteiger partial charge on any atom is -0.496 e. The van der Waals surface area contributed by atoms with E-state index in [4.69, 9.17) is 9.88 Å². The summed E-state index contributed by atoms with van der Waals surface area (Å²) in [6.45, 7) is 3.77. The number of hydrogen-bond donors (Lipinski definition) is 2. The lowest BCUT2D eigenvalue weighted by Crippen LogP contribution is -2.27. The van der Waals surface area contributed by atoms with Crippen LogP contribution < -0.4 is 15.2 Å². The van der Waals surface area contributed by atoms with Crippen molar-refractivity contribution in [3.8, 4) is 5.75 Å². The molecule has 1 atom stereocenters. The third-order valence-corrected chi connectivity index (χ3v) is 5.31. The van der Waals surface area contributed by atoms with E-state index in [1.165, 1.54) is 18.2 Å². The number of nitrogens with two attached hydrogens (primary N) is 1. The van der Waals surface area contributed by atoms with Gasteiger partial charge in [0.05, 0.1) is 23.6 Å². The minimum atomic E-state index is -3.89. The molecule has 0 aliphatic heterocycles. The van der Waals surface area contributed by atoms with Gasteiger partial charge in [0.1, 0.15) is 5.75 Å². The van der Waals surface area contributed by atoms with Gasteiger partial charge in [-0.2, -0.15) is 0 Å². The Bertz CT molecular complexity index is 913. The third kappa shape index (κ3) is 4.59. The van der Waals surface area contributed by atoms with Crippen LogP contribution in [0.25, 0.3) is 0 Å². The largest absolute Gasteiger partial charge is 0.496 e. The summed E-state index contributed by atoms with van der Waals surface area (Å²) in [4.78, 5) is 12.5. The standard InChI is InChI=1S/C17H19BrN2O4S/c1-10-4-7-16(24-3)13(8-10)11(2)20-17(21)14-9-12(25(19,22)23)5-6-15(14)18/h4-9,11H,1-3H3,(H,20,21)(H2,19,22,23). The number of methoxy groups -OCH3 is 1. The summed E-state index contributed by atoms with van der Waals surface area (Å²) in [5.41, 5.74) is 2.05. The van der Waals surface area contributed by atoms with Crippen molar-refractivity contribution in [2.75, 3.05) is 7.11 Å². The van der Waals surface area contributed by atoms with Crippen LogP contribution in [0.5, 0.6) is 5.75 Å². The van der Waals surface area contributed by atoms with E-state index in [0.29, 0.717) is 10.2 Å². The topological polar surface area (TPSA) is 98.5 Å². The highest BCUT2D eigenvalue weighted by Crippen LogP contribution is 2.27. The van der Waals surface area contributed by atoms with Gasteiger partial charge >= 0.3 is 0 Å². The monoisotopic (exact) mass is 426 g/mol. The van der Waals surface area contributed by atoms with Crippen LogP contribution in [0.15, 0.2) is 45.8 Å². The Morgan fingerprint density at radius 2 is 1.92 bits per heavy atom. The van der Waals surface area contributed by atoms with Crippen molar-refractivity contribution < 1.29 is 17.9 Å². The number of halogens is 1. The van der Waals surface area contributed by atoms with Crippen molar-refractivity contribution in [2.45, 2.75) is 24.8 Å². The van der Waals surface area contributed by atoms with Crippen molar-refractivity contribution in [1.82, 2.24) is 5.32 Å². The summed E-state index contributed by atoms with van der Waals surface area (Å²) < 4.78 is 28.8. The zero-order valence-electron chi connectivity index (χ0n) is 14.0. The molecule has 3 N–H and O–H groups in total. The number of ether oxygens (including phenoxy) is 1. The predicted octanol–water partition coefficient (Wildman–Crippen LogP) is 2.90. The van der Waals surface area contributed by atoms with Gasteiger partial charge in [-0.05, 0) is 54.0 Å². The van der Waals surface area contributed by atoms with Gasteiger partial charge in [-0.3, -0.25) is 4.79 Å². The van der Waals surface area contributed by atoms with Crippen LogP contribution in [-0.4, -0.2) is 21.4 Å². The molecule has 0 heterocycles. The Hall–Kier alpha value is -1.90. The number of rotatable bonds is 5. The van der Waals surface area contributed by atoms with Gasteiger partial charge in [0.25, 0.3) is 5.91 Å². The third-order valence-electron chi connectivity index (χ3n) is 3.71. The summed E-state index contributed by atoms with van der Waals surface area (Å²) in [5, 5.41) is 7.98. The average Bonchev–Trinajstić information content (AvgIpc) is 2.53. The zero-order chi connectivity index (χ0) is 18.8. The van der Waals surface area contributed by atoms with Crippen molar-refractivity contribution in [2.24, 2.45) is 5.14 Å². The maximum atomic E-state index is 12.6. The van der Waals surface area contributed by atoms with Crippen molar-refractivity contribution >= 4 is 31.9 Å². The lowest BCUT2D eigenvalue weighted by molar-refractivity contribution is 0.0938. The molecule has 134 valence electrons. The molecule has 0 bridgehead atoms. The number of amides is 1. The lowest BCUT2D eigenvalue weighted by Gasteiger charge is -2.18. The van der Waals surface area contributed by atoms with Crippen LogP contribution in [0.1, 0.15) is 34.5 Å². The summed E-state index contributed by atoms with van der Waals surface area (Å²) in [6, 6.07) is 9.41. The number of nitrogens with one attached hydrogen (secondary N) is 1. The summed E-state index contributed by atoms with van der Waals surface area (Å²) >= 11 is 3.26. The molecule has 25 heavy (non-hydrogen) atoms. The fraction of sp³-hybridized carbons (Fsp3) is 0.235. The molecule has 6 nitrogen and oxygen atoms in total. The molecule has 0 aliphatic rings. The maximum Gasteiger partial charge on any atom is 0.252 e. The molecule has 0 fully saturated rings. The smallest absolute Gasteiger partial charge is 0.252 e. The Balaban J connectivity index is 2.33. The van der Waals surface area contributed by atoms with E-state index >= 15 is 0 Å². The Morgan fingerprint density at radius 3 is 2.52 bits per heavy atom. The van der Waals surface area contributed by atoms with E-state index in [0.717, 1.165) is 11.1 Å². The fourth-order valence-electron chi connectivity index (χ4n) is 2.40. The molecule has 0 saturated carbocycles. The molecular formula is C17H19BrN2O4S. The highest BCUT2D eigenvalue weighted by atomic mass is 79.9. The first-order valence-electron chi connectivity index (χ1n) is 7.41. The van der Waals surface area contributed by atoms with Gasteiger partial charge in [0, 0.05) is 10.0 Å². The van der Waals surface area contributed by atoms with Crippen LogP contribution in [0.3, 0.4) is 0 Å². The van der Waals surface area contributed by atoms with Crippen molar-refractivity contribution in [3.63, 3.8) is 0 Å². The second-order valence-corrected chi connectivity index (χ2v) is 8.04. The second kappa shape index (κ2) is 7.55. The van der Waals surface area contributed by atoms with E-state index in [9.17, 15) is 13.2 Å². The SMILES string of the molecule is COc1ccc(C)cc1C(C)NC(=O)c1cc(S(N)(=O)=O)ccc1Br. The van der Waals surface area contributed by atoms with Gasteiger partial charge in [-0.1, -0.05) is 17.7 Å². The molecular weight excluding hydrogens is 408 g/mol. The summed E-state index contributed by atoms with van der Waals surface area (Å²) in [6.07, 6.45) is 0. The van der Waals surface area contributed by atoms with Gasteiger partial charge in [0.15, 0.2) is 0 Å². The van der Waals surface area contributed by atoms with Gasteiger partial charge in [0.2, 0.25) is 10.0 Å². The van der Waals surface area contributed by atoms with Crippen LogP contribution >= 0.6 is 15.9 Å². The number of carbonyl (C=O) groups excluding carboxylic acids is 1. The van der Waals surface area contributed by atoms with Crippen LogP contribution in [0, 0.1) is 6.92 Å². The Kier molecular flexibility index (Phi) is 5.87. The number of primary sulfonamides is 1. The minimum absolute atomic E-state index is 0.123. The number of aryl methyl sites for hydroxylation is 1. The molecule has 0 radical (unpaired) electrons. The highest BCUT2D eigenvalue weighted by molar-refractivity contribution is 9.10. The van der Waals surface area contributed by atoms with E-state index in [1.807, 2.05) is 32.0 Å². The normalized spacial score (nSPS) is 12.5. The lowest BCUT2D eigenvalue weighted by atomic mass is 10.0. The quantitative estimate of drug-likeness (QED) is 0.767. The molecule has 2 aromatic rings. The van der Waals surface area contributed by atoms with E-state index < -0.39 is 15.9 Å². The molecule has 2 rings (SSSR count). The summed E-state index contributed by atoms with van der Waals surface area (Å²) in [5.74, 6) is 0.240. The second-order valence-electron chi connectivity index (χ2n) is 5.63. The number of carbonyl (C=O) groups is 1. The molecule has 0 saturated heterocycles.